The van der Waals surface area contributed by atoms with E-state index in [1.165, 1.54) is 42.9 Å². The van der Waals surface area contributed by atoms with E-state index in [1.54, 1.807) is 56.5 Å². The SMILES string of the molecule is COc1ccc(-n2c(C)nc3ccc(NC(=O)c4ccc(S(=O)(=O)N(C)C)cc4)cc3c2=O)cc1. The molecule has 10 heteroatoms. The van der Waals surface area contributed by atoms with Gasteiger partial charge >= 0.3 is 0 Å². The normalized spacial score (nSPS) is 11.6. The topological polar surface area (TPSA) is 111 Å². The molecule has 1 aromatic heterocycles. The summed E-state index contributed by atoms with van der Waals surface area (Å²) in [6, 6.07) is 17.6. The summed E-state index contributed by atoms with van der Waals surface area (Å²) in [6.07, 6.45) is 0. The smallest absolute Gasteiger partial charge is 0.266 e. The quantitative estimate of drug-likeness (QED) is 0.443. The number of rotatable bonds is 6. The molecule has 4 rings (SSSR count). The molecule has 0 saturated carbocycles. The van der Waals surface area contributed by atoms with Crippen molar-refractivity contribution in [2.24, 2.45) is 0 Å². The minimum atomic E-state index is -3.59. The summed E-state index contributed by atoms with van der Waals surface area (Å²) in [5.74, 6) is 0.761. The Hall–Kier alpha value is -4.02. The van der Waals surface area contributed by atoms with E-state index in [0.717, 1.165) is 4.31 Å². The van der Waals surface area contributed by atoms with Gasteiger partial charge < -0.3 is 10.1 Å². The predicted molar refractivity (Wildman–Crippen MR) is 134 cm³/mol. The van der Waals surface area contributed by atoms with Crippen LogP contribution in [0.15, 0.2) is 76.4 Å². The highest BCUT2D eigenvalue weighted by Crippen LogP contribution is 2.20. The fraction of sp³-hybridized carbons (Fsp3) is 0.160. The molecule has 3 aromatic carbocycles. The summed E-state index contributed by atoms with van der Waals surface area (Å²) in [7, 11) is 0.856. The largest absolute Gasteiger partial charge is 0.497 e. The molecule has 0 bridgehead atoms. The lowest BCUT2D eigenvalue weighted by atomic mass is 10.2. The molecule has 0 atom stereocenters. The van der Waals surface area contributed by atoms with Crippen molar-refractivity contribution in [3.05, 3.63) is 88.5 Å². The number of aryl methyl sites for hydroxylation is 1. The van der Waals surface area contributed by atoms with Gasteiger partial charge in [-0.05, 0) is 73.7 Å². The van der Waals surface area contributed by atoms with E-state index < -0.39 is 15.9 Å². The standard InChI is InChI=1S/C25H24N4O5S/c1-16-26-23-14-7-18(15-22(23)25(31)29(16)19-8-10-20(34-4)11-9-19)27-24(30)17-5-12-21(13-6-17)35(32,33)28(2)3/h5-15H,1-4H3,(H,27,30). The van der Waals surface area contributed by atoms with Crippen LogP contribution < -0.4 is 15.6 Å². The number of methoxy groups -OCH3 is 1. The summed E-state index contributed by atoms with van der Waals surface area (Å²) >= 11 is 0. The van der Waals surface area contributed by atoms with E-state index >= 15 is 0 Å². The third-order valence-corrected chi connectivity index (χ3v) is 7.35. The van der Waals surface area contributed by atoms with E-state index in [9.17, 15) is 18.0 Å². The van der Waals surface area contributed by atoms with Crippen molar-refractivity contribution >= 4 is 32.5 Å². The van der Waals surface area contributed by atoms with Crippen LogP contribution in [0, 0.1) is 6.92 Å². The lowest BCUT2D eigenvalue weighted by Gasteiger charge is -2.13. The number of aromatic nitrogens is 2. The van der Waals surface area contributed by atoms with Crippen LogP contribution in [-0.2, 0) is 10.0 Å². The van der Waals surface area contributed by atoms with Gasteiger partial charge in [-0.2, -0.15) is 0 Å². The number of hydrogen-bond donors (Lipinski definition) is 1. The number of nitrogens with zero attached hydrogens (tertiary/aromatic N) is 3. The highest BCUT2D eigenvalue weighted by atomic mass is 32.2. The molecule has 0 unspecified atom stereocenters. The van der Waals surface area contributed by atoms with Crippen LogP contribution in [0.3, 0.4) is 0 Å². The van der Waals surface area contributed by atoms with Crippen LogP contribution in [0.5, 0.6) is 5.75 Å². The molecule has 9 nitrogen and oxygen atoms in total. The average Bonchev–Trinajstić information content (AvgIpc) is 2.85. The van der Waals surface area contributed by atoms with Gasteiger partial charge in [0.15, 0.2) is 0 Å². The van der Waals surface area contributed by atoms with Gasteiger partial charge in [-0.1, -0.05) is 0 Å². The van der Waals surface area contributed by atoms with Crippen LogP contribution in [0.25, 0.3) is 16.6 Å². The Bertz CT molecular complexity index is 1580. The van der Waals surface area contributed by atoms with Crippen molar-refractivity contribution in [3.8, 4) is 11.4 Å². The third-order valence-electron chi connectivity index (χ3n) is 5.52. The number of amides is 1. The van der Waals surface area contributed by atoms with Gasteiger partial charge in [0.05, 0.1) is 28.6 Å². The molecule has 0 radical (unpaired) electrons. The van der Waals surface area contributed by atoms with E-state index in [0.29, 0.717) is 33.9 Å². The second-order valence-electron chi connectivity index (χ2n) is 8.00. The van der Waals surface area contributed by atoms with Crippen LogP contribution >= 0.6 is 0 Å². The van der Waals surface area contributed by atoms with Crippen LogP contribution in [-0.4, -0.2) is 49.4 Å². The predicted octanol–water partition coefficient (Wildman–Crippen LogP) is 3.21. The molecule has 0 fully saturated rings. The molecule has 0 aliphatic rings. The molecule has 1 heterocycles. The third kappa shape index (κ3) is 4.66. The lowest BCUT2D eigenvalue weighted by Crippen LogP contribution is -2.22. The monoisotopic (exact) mass is 492 g/mol. The maximum Gasteiger partial charge on any atom is 0.266 e. The molecule has 1 N–H and O–H groups in total. The maximum absolute atomic E-state index is 13.3. The second kappa shape index (κ2) is 9.32. The fourth-order valence-electron chi connectivity index (χ4n) is 3.60. The highest BCUT2D eigenvalue weighted by molar-refractivity contribution is 7.89. The summed E-state index contributed by atoms with van der Waals surface area (Å²) in [6.45, 7) is 1.75. The first-order chi connectivity index (χ1) is 16.6. The van der Waals surface area contributed by atoms with Gasteiger partial charge in [-0.3, -0.25) is 14.2 Å². The zero-order valence-corrected chi connectivity index (χ0v) is 20.5. The van der Waals surface area contributed by atoms with Crippen molar-refractivity contribution < 1.29 is 17.9 Å². The number of nitrogens with one attached hydrogen (secondary N) is 1. The Balaban J connectivity index is 1.65. The van der Waals surface area contributed by atoms with Crippen molar-refractivity contribution in [1.82, 2.24) is 13.9 Å². The van der Waals surface area contributed by atoms with Gasteiger partial charge in [-0.15, -0.1) is 0 Å². The number of fused-ring (bicyclic) bond motifs is 1. The van der Waals surface area contributed by atoms with E-state index in [-0.39, 0.29) is 16.0 Å². The summed E-state index contributed by atoms with van der Waals surface area (Å²) in [5.41, 5.74) is 1.57. The van der Waals surface area contributed by atoms with Gasteiger partial charge in [0.1, 0.15) is 11.6 Å². The Kier molecular flexibility index (Phi) is 6.42. The number of carbonyl (C=O) groups excluding carboxylic acids is 1. The lowest BCUT2D eigenvalue weighted by molar-refractivity contribution is 0.102. The van der Waals surface area contributed by atoms with Gasteiger partial charge in [0.25, 0.3) is 11.5 Å². The summed E-state index contributed by atoms with van der Waals surface area (Å²) in [5, 5.41) is 3.10. The molecule has 180 valence electrons. The van der Waals surface area contributed by atoms with E-state index in [4.69, 9.17) is 4.74 Å². The fourth-order valence-corrected chi connectivity index (χ4v) is 4.50. The molecule has 35 heavy (non-hydrogen) atoms. The number of sulfonamides is 1. The summed E-state index contributed by atoms with van der Waals surface area (Å²) < 4.78 is 32.2. The Morgan fingerprint density at radius 2 is 1.66 bits per heavy atom. The molecule has 1 amide bonds. The van der Waals surface area contributed by atoms with Crippen LogP contribution in [0.1, 0.15) is 16.2 Å². The molecule has 0 spiro atoms. The number of benzene rings is 3. The number of anilines is 1. The Morgan fingerprint density at radius 1 is 1.00 bits per heavy atom. The van der Waals surface area contributed by atoms with Crippen LogP contribution in [0.4, 0.5) is 5.69 Å². The zero-order chi connectivity index (χ0) is 25.3. The first-order valence-electron chi connectivity index (χ1n) is 10.6. The number of ether oxygens (including phenoxy) is 1. The second-order valence-corrected chi connectivity index (χ2v) is 10.1. The first-order valence-corrected chi connectivity index (χ1v) is 12.1. The average molecular weight is 493 g/mol. The molecule has 0 saturated heterocycles. The minimum absolute atomic E-state index is 0.0882. The molecule has 4 aromatic rings. The Morgan fingerprint density at radius 3 is 2.26 bits per heavy atom. The molecule has 0 aliphatic heterocycles. The van der Waals surface area contributed by atoms with Gasteiger partial charge in [0.2, 0.25) is 10.0 Å². The van der Waals surface area contributed by atoms with Crippen molar-refractivity contribution in [2.75, 3.05) is 26.5 Å². The molecule has 0 aliphatic carbocycles. The number of hydrogen-bond acceptors (Lipinski definition) is 6. The Labute approximate surface area is 202 Å². The first kappa shape index (κ1) is 24.1. The summed E-state index contributed by atoms with van der Waals surface area (Å²) in [4.78, 5) is 30.7. The highest BCUT2D eigenvalue weighted by Gasteiger charge is 2.18. The van der Waals surface area contributed by atoms with Gasteiger partial charge in [0, 0.05) is 25.3 Å². The van der Waals surface area contributed by atoms with Crippen molar-refractivity contribution in [3.63, 3.8) is 0 Å². The molecular weight excluding hydrogens is 468 g/mol. The van der Waals surface area contributed by atoms with Crippen molar-refractivity contribution in [1.29, 1.82) is 0 Å². The van der Waals surface area contributed by atoms with Gasteiger partial charge in [-0.25, -0.2) is 17.7 Å². The maximum atomic E-state index is 13.3. The van der Waals surface area contributed by atoms with Crippen molar-refractivity contribution in [2.45, 2.75) is 11.8 Å². The van der Waals surface area contributed by atoms with E-state index in [1.807, 2.05) is 0 Å². The zero-order valence-electron chi connectivity index (χ0n) is 19.6. The van der Waals surface area contributed by atoms with Crippen LogP contribution in [0.2, 0.25) is 0 Å². The minimum Gasteiger partial charge on any atom is -0.497 e. The molecular formula is C25H24N4O5S. The number of carbonyl (C=O) groups is 1. The van der Waals surface area contributed by atoms with E-state index in [2.05, 4.69) is 10.3 Å².